The van der Waals surface area contributed by atoms with Crippen LogP contribution in [-0.4, -0.2) is 177 Å². The van der Waals surface area contributed by atoms with Crippen molar-refractivity contribution >= 4 is 103 Å². The van der Waals surface area contributed by atoms with Gasteiger partial charge in [-0.2, -0.15) is 0 Å². The zero-order valence-electron chi connectivity index (χ0n) is 59.4. The number of aliphatic hydroxyl groups excluding tert-OH is 3. The Morgan fingerprint density at radius 3 is 2.18 bits per heavy atom. The van der Waals surface area contributed by atoms with E-state index in [0.717, 1.165) is 21.9 Å². The minimum absolute atomic E-state index is 0.0240. The quantitative estimate of drug-likeness (QED) is 0.0166. The predicted molar refractivity (Wildman–Crippen MR) is 386 cm³/mol. The predicted octanol–water partition coefficient (Wildman–Crippen LogP) is 6.80. The first-order valence-corrected chi connectivity index (χ1v) is 35.4. The third kappa shape index (κ3) is 17.6. The number of anilines is 3. The van der Waals surface area contributed by atoms with Gasteiger partial charge in [0.25, 0.3) is 23.5 Å². The molecule has 1 saturated heterocycles. The van der Waals surface area contributed by atoms with Crippen molar-refractivity contribution in [3.63, 3.8) is 0 Å². The second-order valence-corrected chi connectivity index (χ2v) is 28.3. The monoisotopic (exact) mass is 1440 g/mol. The van der Waals surface area contributed by atoms with Gasteiger partial charge in [-0.3, -0.25) is 43.3 Å². The highest BCUT2D eigenvalue weighted by atomic mass is 32.1. The van der Waals surface area contributed by atoms with Crippen LogP contribution in [0.1, 0.15) is 115 Å². The van der Waals surface area contributed by atoms with Crippen LogP contribution in [-0.2, 0) is 49.6 Å². The first-order chi connectivity index (χ1) is 48.9. The number of hydrogen-bond acceptors (Lipinski definition) is 21. The number of ether oxygens (including phenoxy) is 4. The summed E-state index contributed by atoms with van der Waals surface area (Å²) in [5, 5.41) is 59.7. The standard InChI is InChI=1S/C74H92N10O18S/c1-38(2)58(80-52(85)19-12-11-13-30-84-53(86)26-27-54(84)87)71(96)79-49(18-15-29-76-72(75)97)70(95)77-46-22-20-45(21-23-46)37-100-73(98)83-33-31-82(32-34-83)47-24-25-48-51(36-47)103-67-59(78-48)55-56-64(91)44(8)66-57(55)68(93)74(9,102-66)101-35-28-50(99-10)41(5)62(89)43(7)63(90)42(6)61(88)39(3)16-14-17-40(4)69(94)81-60(67)65(56)92/h14,16-17,20-28,35-36,38-39,41-43,49-50,58,61-63,88-91H,11-13,15,18-19,29-34,37H2,1-10H3,(H,77,95)(H,79,96)(H,80,85)(H,81,94)(H3,75,76,97)/b16-14+,35-28+,40-17-/t39-,41+,42+,43-,49-,50-,58-,61-,62+,63+,74-/m0/s1. The van der Waals surface area contributed by atoms with Crippen LogP contribution in [0.2, 0.25) is 0 Å². The summed E-state index contributed by atoms with van der Waals surface area (Å²) in [7, 11) is 1.43. The molecule has 11 N–H and O–H groups in total. The molecular weight excluding hydrogens is 1350 g/mol. The van der Waals surface area contributed by atoms with E-state index in [-0.39, 0.29) is 125 Å². The first kappa shape index (κ1) is 77.4. The number of piperazine rings is 1. The SMILES string of the molecule is CO[C@H]1/C=C/O[C@@]2(C)Oc3c(C)c(O)c4c(=O)c(c5sc6cc(N7CCN(C(=O)OCc8ccc(NC(=O)[C@H](CCCNC(N)=O)NC(=O)[C@@H](NC(=O)CCCCCN9C(=O)C=CC9=O)C(C)C)cc8)CC7)ccc6nc-5c4c3C2=O)NC(=O)/C(C)=C\C=C\[C@H](C)[C@H](O)[C@@H](C)[C@@H](O)[C@@H](C)[C@H](O)[C@@H]1C. The van der Waals surface area contributed by atoms with E-state index in [1.165, 1.54) is 58.4 Å². The molecule has 9 amide bonds. The number of phenolic OH excluding ortho intramolecular Hbond substituents is 1. The Balaban J connectivity index is 0.881. The molecule has 0 radical (unpaired) electrons. The van der Waals surface area contributed by atoms with E-state index in [9.17, 15) is 63.6 Å². The fourth-order valence-corrected chi connectivity index (χ4v) is 14.2. The Morgan fingerprint density at radius 1 is 0.835 bits per heavy atom. The van der Waals surface area contributed by atoms with Crippen LogP contribution in [0.25, 0.3) is 31.6 Å². The number of rotatable bonds is 20. The zero-order valence-corrected chi connectivity index (χ0v) is 60.2. The summed E-state index contributed by atoms with van der Waals surface area (Å²) in [5.74, 6) is -9.30. The molecule has 0 spiro atoms. The molecule has 6 aliphatic rings. The third-order valence-corrected chi connectivity index (χ3v) is 20.7. The Kier molecular flexibility index (Phi) is 25.2. The molecule has 1 fully saturated rings. The van der Waals surface area contributed by atoms with Gasteiger partial charge in [-0.1, -0.05) is 78.3 Å². The number of imide groups is 1. The smallest absolute Gasteiger partial charge is 0.410 e. The molecule has 0 unspecified atom stereocenters. The van der Waals surface area contributed by atoms with E-state index in [4.69, 9.17) is 29.7 Å². The minimum atomic E-state index is -2.06. The van der Waals surface area contributed by atoms with E-state index in [2.05, 4.69) is 31.5 Å². The van der Waals surface area contributed by atoms with Crippen molar-refractivity contribution in [2.45, 2.75) is 150 Å². The van der Waals surface area contributed by atoms with Crippen LogP contribution >= 0.6 is 11.3 Å². The highest BCUT2D eigenvalue weighted by Crippen LogP contribution is 2.51. The number of fused-ring (bicyclic) bond motifs is 2. The molecule has 3 aromatic carbocycles. The number of carbonyl (C=O) groups excluding carboxylic acids is 9. The molecule has 11 atom stereocenters. The molecule has 4 bridgehead atoms. The Morgan fingerprint density at radius 2 is 1.51 bits per heavy atom. The number of phenols is 1. The number of ketones is 1. The van der Waals surface area contributed by atoms with Crippen molar-refractivity contribution in [2.75, 3.05) is 61.9 Å². The third-order valence-electron chi connectivity index (χ3n) is 19.6. The highest BCUT2D eigenvalue weighted by Gasteiger charge is 2.50. The molecule has 5 aliphatic heterocycles. The number of benzene rings is 4. The number of Topliss-reactive ketones (excluding diaryl/α,β-unsaturated/α-hetero) is 1. The zero-order chi connectivity index (χ0) is 74.9. The minimum Gasteiger partial charge on any atom is -0.507 e. The summed E-state index contributed by atoms with van der Waals surface area (Å²) in [6.45, 7) is 16.3. The molecule has 0 aromatic heterocycles. The number of primary amides is 1. The molecule has 1 aliphatic carbocycles. The maximum absolute atomic E-state index is 15.1. The number of unbranched alkanes of at least 4 members (excludes halogenated alkanes) is 2. The second kappa shape index (κ2) is 33.5. The Labute approximate surface area is 600 Å². The van der Waals surface area contributed by atoms with Crippen molar-refractivity contribution in [2.24, 2.45) is 35.3 Å². The number of urea groups is 1. The summed E-state index contributed by atoms with van der Waals surface area (Å²) >= 11 is 1.13. The average Bonchev–Trinajstić information content (AvgIpc) is 1.64. The number of aromatic nitrogens is 1. The fraction of sp³-hybridized carbons (Fsp3) is 0.473. The van der Waals surface area contributed by atoms with Gasteiger partial charge >= 0.3 is 17.9 Å². The highest BCUT2D eigenvalue weighted by molar-refractivity contribution is 7.22. The number of methoxy groups -OCH3 is 1. The van der Waals surface area contributed by atoms with Crippen molar-refractivity contribution in [1.29, 1.82) is 0 Å². The van der Waals surface area contributed by atoms with E-state index >= 15 is 4.79 Å². The van der Waals surface area contributed by atoms with Gasteiger partial charge < -0.3 is 81.5 Å². The topological polar surface area (TPSA) is 397 Å². The molecular formula is C74H92N10O18S. The van der Waals surface area contributed by atoms with Crippen LogP contribution < -0.4 is 47.4 Å². The van der Waals surface area contributed by atoms with Gasteiger partial charge in [-0.15, -0.1) is 11.3 Å². The van der Waals surface area contributed by atoms with Crippen LogP contribution in [0.15, 0.2) is 95.6 Å². The lowest BCUT2D eigenvalue weighted by molar-refractivity contribution is -0.137. The normalized spacial score (nSPS) is 24.3. The second-order valence-electron chi connectivity index (χ2n) is 27.3. The molecule has 9 rings (SSSR count). The fourth-order valence-electron chi connectivity index (χ4n) is 13.1. The van der Waals surface area contributed by atoms with Crippen LogP contribution in [0.5, 0.6) is 11.5 Å². The number of hydrogen-bond donors (Lipinski definition) is 10. The first-order valence-electron chi connectivity index (χ1n) is 34.6. The lowest BCUT2D eigenvalue weighted by Gasteiger charge is -2.36. The van der Waals surface area contributed by atoms with Crippen molar-refractivity contribution < 1.29 is 82.5 Å². The van der Waals surface area contributed by atoms with Gasteiger partial charge in [-0.05, 0) is 87.4 Å². The van der Waals surface area contributed by atoms with Crippen molar-refractivity contribution in [1.82, 2.24) is 30.7 Å². The summed E-state index contributed by atoms with van der Waals surface area (Å²) in [4.78, 5) is 144. The molecule has 3 aromatic rings. The number of carbonyl (C=O) groups is 9. The molecule has 28 nitrogen and oxygen atoms in total. The maximum atomic E-state index is 15.1. The van der Waals surface area contributed by atoms with E-state index in [1.54, 1.807) is 88.9 Å². The van der Waals surface area contributed by atoms with Crippen LogP contribution in [0.4, 0.5) is 26.7 Å². The molecule has 0 saturated carbocycles. The van der Waals surface area contributed by atoms with E-state index in [1.807, 2.05) is 12.1 Å². The van der Waals surface area contributed by atoms with Crippen LogP contribution in [0.3, 0.4) is 0 Å². The van der Waals surface area contributed by atoms with Crippen molar-refractivity contribution in [3.05, 3.63) is 118 Å². The van der Waals surface area contributed by atoms with Gasteiger partial charge in [0.15, 0.2) is 0 Å². The van der Waals surface area contributed by atoms with Gasteiger partial charge in [0.2, 0.25) is 23.2 Å². The van der Waals surface area contributed by atoms with Gasteiger partial charge in [0, 0.05) is 123 Å². The van der Waals surface area contributed by atoms with E-state index < -0.39 is 113 Å². The number of amides is 9. The number of aromatic hydroxyl groups is 1. The average molecular weight is 1440 g/mol. The van der Waals surface area contributed by atoms with Gasteiger partial charge in [0.1, 0.15) is 35.9 Å². The summed E-state index contributed by atoms with van der Waals surface area (Å²) in [6, 6.07) is 9.21. The van der Waals surface area contributed by atoms with Gasteiger partial charge in [0.05, 0.1) is 62.4 Å². The van der Waals surface area contributed by atoms with Gasteiger partial charge in [-0.25, -0.2) is 14.6 Å². The van der Waals surface area contributed by atoms with Crippen molar-refractivity contribution in [3.8, 4) is 22.1 Å². The lowest BCUT2D eigenvalue weighted by Crippen LogP contribution is -2.54. The number of aliphatic hydroxyl groups is 3. The Hall–Kier alpha value is -9.81. The number of nitrogens with zero attached hydrogens (tertiary/aromatic N) is 4. The molecule has 103 heavy (non-hydrogen) atoms. The largest absolute Gasteiger partial charge is 0.507 e. The maximum Gasteiger partial charge on any atom is 0.410 e. The number of nitrogens with two attached hydrogens (primary N) is 1. The summed E-state index contributed by atoms with van der Waals surface area (Å²) in [6.07, 6.45) is 7.12. The van der Waals surface area contributed by atoms with Crippen LogP contribution in [0, 0.1) is 36.5 Å². The van der Waals surface area contributed by atoms with E-state index in [0.29, 0.717) is 53.8 Å². The molecule has 5 heterocycles. The summed E-state index contributed by atoms with van der Waals surface area (Å²) in [5.41, 5.74) is 6.62. The number of nitrogens with one attached hydrogen (secondary N) is 5. The lowest BCUT2D eigenvalue weighted by atomic mass is 9.78. The molecule has 552 valence electrons. The molecule has 29 heteroatoms. The Bertz CT molecular complexity index is 4200. The summed E-state index contributed by atoms with van der Waals surface area (Å²) < 4.78 is 24.5. The number of allylic oxidation sites excluding steroid dienone is 2.